The van der Waals surface area contributed by atoms with E-state index < -0.39 is 5.92 Å². The molecule has 2 aliphatic rings. The van der Waals surface area contributed by atoms with Crippen LogP contribution in [0.5, 0.6) is 0 Å². The zero-order valence-electron chi connectivity index (χ0n) is 14.6. The Morgan fingerprint density at radius 1 is 1.19 bits per heavy atom. The van der Waals surface area contributed by atoms with Crippen molar-refractivity contribution in [2.75, 3.05) is 50.7 Å². The number of hydrogen-bond acceptors (Lipinski definition) is 4. The molecule has 0 spiro atoms. The lowest BCUT2D eigenvalue weighted by atomic mass is 10.1. The van der Waals surface area contributed by atoms with Crippen molar-refractivity contribution in [3.05, 3.63) is 28.2 Å². The zero-order chi connectivity index (χ0) is 18.5. The van der Waals surface area contributed by atoms with Crippen LogP contribution in [0.25, 0.3) is 0 Å². The third-order valence-corrected chi connectivity index (χ3v) is 5.64. The number of carbonyl (C=O) groups is 2. The first kappa shape index (κ1) is 19.4. The van der Waals surface area contributed by atoms with Crippen molar-refractivity contribution >= 4 is 40.7 Å². The second-order valence-electron chi connectivity index (χ2n) is 6.67. The third-order valence-electron chi connectivity index (χ3n) is 4.90. The Morgan fingerprint density at radius 2 is 1.96 bits per heavy atom. The molecule has 0 bridgehead atoms. The van der Waals surface area contributed by atoms with Crippen molar-refractivity contribution in [1.29, 1.82) is 0 Å². The van der Waals surface area contributed by atoms with Gasteiger partial charge in [0, 0.05) is 45.0 Å². The Kier molecular flexibility index (Phi) is 6.75. The molecular weight excluding hydrogens is 375 g/mol. The molecule has 6 nitrogen and oxygen atoms in total. The van der Waals surface area contributed by atoms with Gasteiger partial charge in [0.2, 0.25) is 11.8 Å². The Labute approximate surface area is 163 Å². The van der Waals surface area contributed by atoms with E-state index in [1.54, 1.807) is 23.1 Å². The molecule has 0 radical (unpaired) electrons. The summed E-state index contributed by atoms with van der Waals surface area (Å²) >= 11 is 12.0. The van der Waals surface area contributed by atoms with Gasteiger partial charge in [0.15, 0.2) is 0 Å². The Hall–Kier alpha value is -1.34. The zero-order valence-corrected chi connectivity index (χ0v) is 16.2. The van der Waals surface area contributed by atoms with Crippen LogP contribution in [-0.2, 0) is 9.59 Å². The van der Waals surface area contributed by atoms with Gasteiger partial charge in [-0.1, -0.05) is 23.2 Å². The molecule has 1 aromatic rings. The predicted octanol–water partition coefficient (Wildman–Crippen LogP) is 1.76. The van der Waals surface area contributed by atoms with E-state index in [-0.39, 0.29) is 11.8 Å². The van der Waals surface area contributed by atoms with Crippen LogP contribution in [0, 0.1) is 5.92 Å². The molecule has 2 aliphatic heterocycles. The molecule has 1 aromatic carbocycles. The number of nitrogens with one attached hydrogen (secondary N) is 2. The number of rotatable bonds is 6. The molecule has 1 atom stereocenters. The van der Waals surface area contributed by atoms with Crippen LogP contribution in [-0.4, -0.2) is 62.5 Å². The number of piperazine rings is 1. The molecule has 26 heavy (non-hydrogen) atoms. The summed E-state index contributed by atoms with van der Waals surface area (Å²) in [5.41, 5.74) is 0.679. The van der Waals surface area contributed by atoms with Gasteiger partial charge in [-0.25, -0.2) is 0 Å². The number of nitrogens with zero attached hydrogens (tertiary/aromatic N) is 2. The molecule has 0 saturated carbocycles. The minimum absolute atomic E-state index is 0.178. The van der Waals surface area contributed by atoms with Crippen molar-refractivity contribution in [2.24, 2.45) is 5.92 Å². The van der Waals surface area contributed by atoms with E-state index >= 15 is 0 Å². The normalized spacial score (nSPS) is 21.2. The summed E-state index contributed by atoms with van der Waals surface area (Å²) in [7, 11) is 0. The number of amides is 2. The van der Waals surface area contributed by atoms with Crippen LogP contribution < -0.4 is 15.5 Å². The SMILES string of the molecule is O=C(NCCCN1CCNCC1)C1CCN(c2ccc(Cl)c(Cl)c2)C1=O. The van der Waals surface area contributed by atoms with Gasteiger partial charge in [-0.15, -0.1) is 0 Å². The lowest BCUT2D eigenvalue weighted by Crippen LogP contribution is -2.44. The van der Waals surface area contributed by atoms with E-state index in [0.29, 0.717) is 35.2 Å². The molecule has 0 aromatic heterocycles. The van der Waals surface area contributed by atoms with Crippen molar-refractivity contribution in [3.63, 3.8) is 0 Å². The van der Waals surface area contributed by atoms with Gasteiger partial charge >= 0.3 is 0 Å². The molecule has 0 aliphatic carbocycles. The van der Waals surface area contributed by atoms with Crippen molar-refractivity contribution in [2.45, 2.75) is 12.8 Å². The van der Waals surface area contributed by atoms with E-state index in [9.17, 15) is 9.59 Å². The number of benzene rings is 1. The average molecular weight is 399 g/mol. The quantitative estimate of drug-likeness (QED) is 0.565. The largest absolute Gasteiger partial charge is 0.355 e. The van der Waals surface area contributed by atoms with E-state index in [1.165, 1.54) is 0 Å². The smallest absolute Gasteiger partial charge is 0.239 e. The van der Waals surface area contributed by atoms with Crippen LogP contribution in [0.3, 0.4) is 0 Å². The standard InChI is InChI=1S/C18H24Cl2N4O2/c19-15-3-2-13(12-16(15)20)24-9-4-14(18(24)26)17(25)22-5-1-8-23-10-6-21-7-11-23/h2-3,12,14,21H,1,4-11H2,(H,22,25). The van der Waals surface area contributed by atoms with Crippen LogP contribution in [0.4, 0.5) is 5.69 Å². The first-order valence-electron chi connectivity index (χ1n) is 9.03. The summed E-state index contributed by atoms with van der Waals surface area (Å²) in [4.78, 5) is 29.0. The molecule has 2 N–H and O–H groups in total. The van der Waals surface area contributed by atoms with Gasteiger partial charge in [-0.3, -0.25) is 9.59 Å². The van der Waals surface area contributed by atoms with Gasteiger partial charge in [0.25, 0.3) is 0 Å². The summed E-state index contributed by atoms with van der Waals surface area (Å²) in [6, 6.07) is 5.07. The summed E-state index contributed by atoms with van der Waals surface area (Å²) in [5.74, 6) is -0.982. The first-order valence-corrected chi connectivity index (χ1v) is 9.79. The fraction of sp³-hybridized carbons (Fsp3) is 0.556. The Morgan fingerprint density at radius 3 is 2.69 bits per heavy atom. The minimum atomic E-state index is -0.622. The lowest BCUT2D eigenvalue weighted by molar-refractivity contribution is -0.132. The molecule has 142 valence electrons. The van der Waals surface area contributed by atoms with Crippen molar-refractivity contribution < 1.29 is 9.59 Å². The van der Waals surface area contributed by atoms with E-state index in [0.717, 1.165) is 39.1 Å². The summed E-state index contributed by atoms with van der Waals surface area (Å²) in [5, 5.41) is 7.08. The highest BCUT2D eigenvalue weighted by Crippen LogP contribution is 2.31. The topological polar surface area (TPSA) is 64.7 Å². The molecule has 2 fully saturated rings. The fourth-order valence-corrected chi connectivity index (χ4v) is 3.70. The molecule has 2 saturated heterocycles. The summed E-state index contributed by atoms with van der Waals surface area (Å²) in [6.07, 6.45) is 1.41. The number of halogens is 2. The molecule has 1 unspecified atom stereocenters. The van der Waals surface area contributed by atoms with Gasteiger partial charge in [0.05, 0.1) is 10.0 Å². The minimum Gasteiger partial charge on any atom is -0.355 e. The average Bonchev–Trinajstić information content (AvgIpc) is 3.03. The van der Waals surface area contributed by atoms with Gasteiger partial charge in [-0.05, 0) is 37.6 Å². The van der Waals surface area contributed by atoms with E-state index in [1.807, 2.05) is 0 Å². The predicted molar refractivity (Wildman–Crippen MR) is 104 cm³/mol. The second kappa shape index (κ2) is 9.04. The molecule has 8 heteroatoms. The number of hydrogen-bond donors (Lipinski definition) is 2. The fourth-order valence-electron chi connectivity index (χ4n) is 3.40. The highest BCUT2D eigenvalue weighted by Gasteiger charge is 2.37. The number of carbonyl (C=O) groups excluding carboxylic acids is 2. The summed E-state index contributed by atoms with van der Waals surface area (Å²) < 4.78 is 0. The first-order chi connectivity index (χ1) is 12.6. The van der Waals surface area contributed by atoms with E-state index in [2.05, 4.69) is 15.5 Å². The van der Waals surface area contributed by atoms with Crippen LogP contribution in [0.15, 0.2) is 18.2 Å². The van der Waals surface area contributed by atoms with Gasteiger partial charge in [0.1, 0.15) is 5.92 Å². The monoisotopic (exact) mass is 398 g/mol. The second-order valence-corrected chi connectivity index (χ2v) is 7.48. The van der Waals surface area contributed by atoms with Gasteiger partial charge in [-0.2, -0.15) is 0 Å². The van der Waals surface area contributed by atoms with Crippen LogP contribution in [0.1, 0.15) is 12.8 Å². The maximum Gasteiger partial charge on any atom is 0.239 e. The summed E-state index contributed by atoms with van der Waals surface area (Å²) in [6.45, 7) is 6.22. The van der Waals surface area contributed by atoms with Crippen LogP contribution >= 0.6 is 23.2 Å². The van der Waals surface area contributed by atoms with E-state index in [4.69, 9.17) is 23.2 Å². The third kappa shape index (κ3) is 4.68. The Balaban J connectivity index is 1.46. The van der Waals surface area contributed by atoms with Crippen molar-refractivity contribution in [3.8, 4) is 0 Å². The Bertz CT molecular complexity index is 665. The molecule has 2 heterocycles. The van der Waals surface area contributed by atoms with Crippen LogP contribution in [0.2, 0.25) is 10.0 Å². The highest BCUT2D eigenvalue weighted by atomic mass is 35.5. The molecule has 3 rings (SSSR count). The number of anilines is 1. The van der Waals surface area contributed by atoms with Crippen molar-refractivity contribution in [1.82, 2.24) is 15.5 Å². The maximum absolute atomic E-state index is 12.6. The molecule has 2 amide bonds. The molecular formula is C18H24Cl2N4O2. The lowest BCUT2D eigenvalue weighted by Gasteiger charge is -2.27. The van der Waals surface area contributed by atoms with Gasteiger partial charge < -0.3 is 20.4 Å². The maximum atomic E-state index is 12.6. The highest BCUT2D eigenvalue weighted by molar-refractivity contribution is 6.42.